The third-order valence-electron chi connectivity index (χ3n) is 3.86. The first-order valence-corrected chi connectivity index (χ1v) is 7.47. The van der Waals surface area contributed by atoms with E-state index in [1.165, 1.54) is 5.56 Å². The van der Waals surface area contributed by atoms with Crippen molar-refractivity contribution in [2.45, 2.75) is 52.6 Å². The second-order valence-corrected chi connectivity index (χ2v) is 7.10. The van der Waals surface area contributed by atoms with Crippen molar-refractivity contribution in [2.75, 3.05) is 13.2 Å². The molecule has 1 heterocycles. The van der Waals surface area contributed by atoms with Crippen LogP contribution in [0.25, 0.3) is 0 Å². The third kappa shape index (κ3) is 3.66. The molecule has 1 aromatic carbocycles. The molecule has 0 saturated carbocycles. The summed E-state index contributed by atoms with van der Waals surface area (Å²) in [4.78, 5) is 0. The van der Waals surface area contributed by atoms with Crippen LogP contribution >= 0.6 is 0 Å². The van der Waals surface area contributed by atoms with Gasteiger partial charge in [-0.3, -0.25) is 0 Å². The fraction of sp³-hybridized carbons (Fsp3) is 0.647. The van der Waals surface area contributed by atoms with Crippen LogP contribution in [0, 0.1) is 5.41 Å². The van der Waals surface area contributed by atoms with E-state index < -0.39 is 0 Å². The smallest absolute Gasteiger partial charge is 0.165 e. The van der Waals surface area contributed by atoms with Crippen molar-refractivity contribution in [1.29, 1.82) is 0 Å². The number of hydrogen-bond acceptors (Lipinski definition) is 3. The molecule has 0 fully saturated rings. The van der Waals surface area contributed by atoms with Crippen molar-refractivity contribution in [1.82, 2.24) is 0 Å². The minimum absolute atomic E-state index is 0.122. The molecule has 0 aliphatic carbocycles. The molecule has 3 heteroatoms. The summed E-state index contributed by atoms with van der Waals surface area (Å²) in [5.74, 6) is 1.80. The number of hydrogen-bond donors (Lipinski definition) is 1. The fourth-order valence-corrected chi connectivity index (χ4v) is 2.54. The van der Waals surface area contributed by atoms with Crippen LogP contribution in [0.4, 0.5) is 0 Å². The highest BCUT2D eigenvalue weighted by Crippen LogP contribution is 2.41. The number of fused-ring (bicyclic) bond motifs is 1. The Morgan fingerprint density at radius 2 is 2.10 bits per heavy atom. The normalized spacial score (nSPS) is 16.6. The van der Waals surface area contributed by atoms with Gasteiger partial charge in [0.1, 0.15) is 5.60 Å². The number of benzene rings is 1. The van der Waals surface area contributed by atoms with E-state index in [0.717, 1.165) is 30.8 Å². The molecule has 0 aromatic heterocycles. The Labute approximate surface area is 122 Å². The molecule has 1 aromatic rings. The highest BCUT2D eigenvalue weighted by atomic mass is 16.5. The second-order valence-electron chi connectivity index (χ2n) is 7.10. The SMILES string of the molecule is CC(C)(CN)CCCOc1cccc2c1OC(C)(C)C2. The molecule has 0 saturated heterocycles. The molecule has 0 atom stereocenters. The second kappa shape index (κ2) is 5.65. The van der Waals surface area contributed by atoms with Gasteiger partial charge in [0.2, 0.25) is 0 Å². The Hall–Kier alpha value is -1.22. The largest absolute Gasteiger partial charge is 0.490 e. The Morgan fingerprint density at radius 3 is 2.80 bits per heavy atom. The summed E-state index contributed by atoms with van der Waals surface area (Å²) >= 11 is 0. The molecule has 1 aliphatic rings. The Morgan fingerprint density at radius 1 is 1.35 bits per heavy atom. The van der Waals surface area contributed by atoms with Crippen LogP contribution in [-0.2, 0) is 6.42 Å². The fourth-order valence-electron chi connectivity index (χ4n) is 2.54. The topological polar surface area (TPSA) is 44.5 Å². The van der Waals surface area contributed by atoms with Crippen molar-refractivity contribution in [2.24, 2.45) is 11.1 Å². The average Bonchev–Trinajstić information content (AvgIpc) is 2.69. The summed E-state index contributed by atoms with van der Waals surface area (Å²) in [6.07, 6.45) is 3.03. The van der Waals surface area contributed by atoms with Gasteiger partial charge in [-0.25, -0.2) is 0 Å². The monoisotopic (exact) mass is 277 g/mol. The molecule has 0 unspecified atom stereocenters. The molecule has 112 valence electrons. The zero-order valence-electron chi connectivity index (χ0n) is 13.2. The zero-order chi connectivity index (χ0) is 14.8. The van der Waals surface area contributed by atoms with E-state index in [9.17, 15) is 0 Å². The molecular weight excluding hydrogens is 250 g/mol. The maximum absolute atomic E-state index is 6.00. The van der Waals surface area contributed by atoms with Crippen LogP contribution in [0.2, 0.25) is 0 Å². The number of rotatable bonds is 6. The van der Waals surface area contributed by atoms with E-state index in [0.29, 0.717) is 13.2 Å². The summed E-state index contributed by atoms with van der Waals surface area (Å²) in [7, 11) is 0. The molecule has 0 radical (unpaired) electrons. The summed E-state index contributed by atoms with van der Waals surface area (Å²) in [6, 6.07) is 6.16. The van der Waals surface area contributed by atoms with E-state index >= 15 is 0 Å². The van der Waals surface area contributed by atoms with Crippen molar-refractivity contribution in [3.63, 3.8) is 0 Å². The molecule has 0 amide bonds. The first kappa shape index (κ1) is 15.2. The summed E-state index contributed by atoms with van der Waals surface area (Å²) < 4.78 is 11.9. The zero-order valence-corrected chi connectivity index (χ0v) is 13.2. The van der Waals surface area contributed by atoms with Gasteiger partial charge in [-0.15, -0.1) is 0 Å². The van der Waals surface area contributed by atoms with Gasteiger partial charge in [0.15, 0.2) is 11.5 Å². The van der Waals surface area contributed by atoms with E-state index in [2.05, 4.69) is 33.8 Å². The minimum atomic E-state index is -0.122. The maximum Gasteiger partial charge on any atom is 0.165 e. The lowest BCUT2D eigenvalue weighted by molar-refractivity contribution is 0.131. The van der Waals surface area contributed by atoms with Crippen LogP contribution in [0.3, 0.4) is 0 Å². The average molecular weight is 277 g/mol. The number of para-hydroxylation sites is 1. The van der Waals surface area contributed by atoms with Gasteiger partial charge in [-0.1, -0.05) is 26.0 Å². The van der Waals surface area contributed by atoms with Gasteiger partial charge in [0, 0.05) is 12.0 Å². The Bertz CT molecular complexity index is 466. The highest BCUT2D eigenvalue weighted by Gasteiger charge is 2.32. The van der Waals surface area contributed by atoms with Gasteiger partial charge in [-0.2, -0.15) is 0 Å². The first-order valence-electron chi connectivity index (χ1n) is 7.47. The van der Waals surface area contributed by atoms with Crippen LogP contribution in [0.5, 0.6) is 11.5 Å². The van der Waals surface area contributed by atoms with Crippen LogP contribution in [0.15, 0.2) is 18.2 Å². The number of nitrogens with two attached hydrogens (primary N) is 1. The van der Waals surface area contributed by atoms with Gasteiger partial charge in [-0.05, 0) is 44.7 Å². The van der Waals surface area contributed by atoms with E-state index in [-0.39, 0.29) is 11.0 Å². The molecule has 2 rings (SSSR count). The van der Waals surface area contributed by atoms with Gasteiger partial charge in [0.25, 0.3) is 0 Å². The lowest BCUT2D eigenvalue weighted by Crippen LogP contribution is -2.25. The van der Waals surface area contributed by atoms with Gasteiger partial charge in [0.05, 0.1) is 6.61 Å². The lowest BCUT2D eigenvalue weighted by Gasteiger charge is -2.22. The lowest BCUT2D eigenvalue weighted by atomic mass is 9.88. The van der Waals surface area contributed by atoms with E-state index in [1.807, 2.05) is 12.1 Å². The van der Waals surface area contributed by atoms with Gasteiger partial charge >= 0.3 is 0 Å². The number of ether oxygens (including phenoxy) is 2. The van der Waals surface area contributed by atoms with Crippen molar-refractivity contribution < 1.29 is 9.47 Å². The molecule has 0 spiro atoms. The molecule has 2 N–H and O–H groups in total. The van der Waals surface area contributed by atoms with Crippen LogP contribution in [-0.4, -0.2) is 18.8 Å². The molecular formula is C17H27NO2. The van der Waals surface area contributed by atoms with E-state index in [1.54, 1.807) is 0 Å². The Balaban J connectivity index is 1.91. The summed E-state index contributed by atoms with van der Waals surface area (Å²) in [5, 5.41) is 0. The van der Waals surface area contributed by atoms with Crippen molar-refractivity contribution in [3.05, 3.63) is 23.8 Å². The quantitative estimate of drug-likeness (QED) is 0.809. The minimum Gasteiger partial charge on any atom is -0.490 e. The molecule has 3 nitrogen and oxygen atoms in total. The standard InChI is InChI=1S/C17H27NO2/c1-16(2,12-18)9-6-10-19-14-8-5-7-13-11-17(3,4)20-15(13)14/h5,7-8H,6,9-12,18H2,1-4H3. The highest BCUT2D eigenvalue weighted by molar-refractivity contribution is 5.50. The predicted molar refractivity (Wildman–Crippen MR) is 82.4 cm³/mol. The maximum atomic E-state index is 6.00. The van der Waals surface area contributed by atoms with Gasteiger partial charge < -0.3 is 15.2 Å². The van der Waals surface area contributed by atoms with Crippen molar-refractivity contribution in [3.8, 4) is 11.5 Å². The molecule has 1 aliphatic heterocycles. The first-order chi connectivity index (χ1) is 9.33. The van der Waals surface area contributed by atoms with Crippen molar-refractivity contribution >= 4 is 0 Å². The summed E-state index contributed by atoms with van der Waals surface area (Å²) in [5.41, 5.74) is 7.06. The Kier molecular flexibility index (Phi) is 4.28. The van der Waals surface area contributed by atoms with Crippen LogP contribution < -0.4 is 15.2 Å². The third-order valence-corrected chi connectivity index (χ3v) is 3.86. The summed E-state index contributed by atoms with van der Waals surface area (Å²) in [6.45, 7) is 10.0. The predicted octanol–water partition coefficient (Wildman–Crippen LogP) is 3.54. The van der Waals surface area contributed by atoms with Crippen LogP contribution in [0.1, 0.15) is 46.1 Å². The molecule has 0 bridgehead atoms. The molecule has 20 heavy (non-hydrogen) atoms. The van der Waals surface area contributed by atoms with E-state index in [4.69, 9.17) is 15.2 Å².